The summed E-state index contributed by atoms with van der Waals surface area (Å²) in [6.45, 7) is 5.07. The number of pyridine rings is 1. The van der Waals surface area contributed by atoms with Crippen LogP contribution in [0.3, 0.4) is 0 Å². The molecule has 0 saturated heterocycles. The number of halogens is 3. The zero-order chi connectivity index (χ0) is 22.8. The van der Waals surface area contributed by atoms with Crippen molar-refractivity contribution in [3.63, 3.8) is 0 Å². The lowest BCUT2D eigenvalue weighted by atomic mass is 10.1. The van der Waals surface area contributed by atoms with E-state index in [0.717, 1.165) is 12.3 Å². The van der Waals surface area contributed by atoms with Crippen LogP contribution in [0, 0.1) is 6.92 Å². The van der Waals surface area contributed by atoms with Gasteiger partial charge in [0.2, 0.25) is 0 Å². The monoisotopic (exact) mass is 436 g/mol. The SMILES string of the molecule is COc1cc2nc(C)nc(NCc3ccnc(C(F)(F)F)c3)c2cc1OCC(C)(C)O. The summed E-state index contributed by atoms with van der Waals surface area (Å²) in [7, 11) is 1.49. The normalized spacial score (nSPS) is 12.1. The van der Waals surface area contributed by atoms with Crippen LogP contribution in [0.1, 0.15) is 30.9 Å². The van der Waals surface area contributed by atoms with E-state index < -0.39 is 17.5 Å². The zero-order valence-electron chi connectivity index (χ0n) is 17.5. The van der Waals surface area contributed by atoms with Gasteiger partial charge in [-0.2, -0.15) is 13.2 Å². The summed E-state index contributed by atoms with van der Waals surface area (Å²) >= 11 is 0. The van der Waals surface area contributed by atoms with Crippen molar-refractivity contribution in [3.8, 4) is 11.5 Å². The molecule has 3 rings (SSSR count). The summed E-state index contributed by atoms with van der Waals surface area (Å²) in [4.78, 5) is 12.2. The molecule has 166 valence electrons. The van der Waals surface area contributed by atoms with Crippen LogP contribution < -0.4 is 14.8 Å². The minimum absolute atomic E-state index is 0.0293. The Balaban J connectivity index is 1.94. The number of nitrogens with one attached hydrogen (secondary N) is 1. The number of aliphatic hydroxyl groups is 1. The number of anilines is 1. The summed E-state index contributed by atoms with van der Waals surface area (Å²) in [5.41, 5.74) is -1.03. The average Bonchev–Trinajstić information content (AvgIpc) is 2.68. The molecule has 0 spiro atoms. The number of fused-ring (bicyclic) bond motifs is 1. The number of aryl methyl sites for hydroxylation is 1. The smallest absolute Gasteiger partial charge is 0.433 e. The molecule has 7 nitrogen and oxygen atoms in total. The van der Waals surface area contributed by atoms with Gasteiger partial charge in [0.15, 0.2) is 11.5 Å². The zero-order valence-corrected chi connectivity index (χ0v) is 17.5. The molecule has 31 heavy (non-hydrogen) atoms. The minimum atomic E-state index is -4.52. The van der Waals surface area contributed by atoms with E-state index in [9.17, 15) is 18.3 Å². The molecular weight excluding hydrogens is 413 g/mol. The van der Waals surface area contributed by atoms with E-state index in [1.807, 2.05) is 0 Å². The van der Waals surface area contributed by atoms with Gasteiger partial charge >= 0.3 is 6.18 Å². The molecule has 2 aromatic heterocycles. The fraction of sp³-hybridized carbons (Fsp3) is 0.381. The fourth-order valence-electron chi connectivity index (χ4n) is 2.84. The average molecular weight is 436 g/mol. The fourth-order valence-corrected chi connectivity index (χ4v) is 2.84. The van der Waals surface area contributed by atoms with Crippen LogP contribution in [0.15, 0.2) is 30.5 Å². The molecule has 0 radical (unpaired) electrons. The third-order valence-corrected chi connectivity index (χ3v) is 4.25. The van der Waals surface area contributed by atoms with Gasteiger partial charge < -0.3 is 19.9 Å². The van der Waals surface area contributed by atoms with Gasteiger partial charge in [-0.3, -0.25) is 4.98 Å². The first kappa shape index (κ1) is 22.5. The molecule has 0 aliphatic carbocycles. The molecular formula is C21H23F3N4O3. The van der Waals surface area contributed by atoms with Crippen LogP contribution in [0.5, 0.6) is 11.5 Å². The summed E-state index contributed by atoms with van der Waals surface area (Å²) in [5, 5.41) is 13.6. The van der Waals surface area contributed by atoms with Gasteiger partial charge in [0.25, 0.3) is 0 Å². The lowest BCUT2D eigenvalue weighted by Gasteiger charge is -2.20. The number of aromatic nitrogens is 3. The lowest BCUT2D eigenvalue weighted by Crippen LogP contribution is -2.28. The number of hydrogen-bond donors (Lipinski definition) is 2. The van der Waals surface area contributed by atoms with Crippen LogP contribution in [-0.2, 0) is 12.7 Å². The van der Waals surface area contributed by atoms with Crippen LogP contribution in [0.25, 0.3) is 10.9 Å². The topological polar surface area (TPSA) is 89.4 Å². The van der Waals surface area contributed by atoms with E-state index in [2.05, 4.69) is 20.3 Å². The first-order valence-corrected chi connectivity index (χ1v) is 9.44. The van der Waals surface area contributed by atoms with E-state index in [-0.39, 0.29) is 13.2 Å². The van der Waals surface area contributed by atoms with E-state index in [0.29, 0.717) is 39.6 Å². The number of hydrogen-bond acceptors (Lipinski definition) is 7. The highest BCUT2D eigenvalue weighted by molar-refractivity contribution is 5.91. The molecule has 3 aromatic rings. The van der Waals surface area contributed by atoms with Crippen molar-refractivity contribution in [1.29, 1.82) is 0 Å². The molecule has 0 fully saturated rings. The molecule has 0 unspecified atom stereocenters. The van der Waals surface area contributed by atoms with Gasteiger partial charge in [-0.1, -0.05) is 0 Å². The Morgan fingerprint density at radius 1 is 1.10 bits per heavy atom. The largest absolute Gasteiger partial charge is 0.493 e. The number of rotatable bonds is 7. The number of methoxy groups -OCH3 is 1. The predicted molar refractivity (Wildman–Crippen MR) is 109 cm³/mol. The Hall–Kier alpha value is -3.14. The maximum Gasteiger partial charge on any atom is 0.433 e. The second-order valence-corrected chi connectivity index (χ2v) is 7.64. The Labute approximate surface area is 177 Å². The van der Waals surface area contributed by atoms with Gasteiger partial charge in [0.05, 0.1) is 18.2 Å². The molecule has 0 atom stereocenters. The van der Waals surface area contributed by atoms with Crippen molar-refractivity contribution in [1.82, 2.24) is 15.0 Å². The standard InChI is InChI=1S/C21H23F3N4O3/c1-12-27-15-9-16(30-4)17(31-11-20(2,3)29)8-14(15)19(28-12)26-10-13-5-6-25-18(7-13)21(22,23)24/h5-9,29H,10-11H2,1-4H3,(H,26,27,28). The Morgan fingerprint density at radius 3 is 2.48 bits per heavy atom. The Morgan fingerprint density at radius 2 is 1.84 bits per heavy atom. The van der Waals surface area contributed by atoms with Crippen LogP contribution in [-0.4, -0.2) is 39.4 Å². The summed E-state index contributed by atoms with van der Waals surface area (Å²) < 4.78 is 49.8. The van der Waals surface area contributed by atoms with Crippen molar-refractivity contribution in [2.75, 3.05) is 19.0 Å². The Bertz CT molecular complexity index is 1080. The first-order valence-electron chi connectivity index (χ1n) is 9.44. The summed E-state index contributed by atoms with van der Waals surface area (Å²) in [6, 6.07) is 5.85. The quantitative estimate of drug-likeness (QED) is 0.576. The molecule has 10 heteroatoms. The van der Waals surface area contributed by atoms with Crippen molar-refractivity contribution < 1.29 is 27.8 Å². The van der Waals surface area contributed by atoms with Crippen molar-refractivity contribution in [2.24, 2.45) is 0 Å². The molecule has 2 heterocycles. The van der Waals surface area contributed by atoms with Crippen molar-refractivity contribution >= 4 is 16.7 Å². The van der Waals surface area contributed by atoms with Gasteiger partial charge in [-0.15, -0.1) is 0 Å². The molecule has 1 aromatic carbocycles. The predicted octanol–water partition coefficient (Wildman–Crippen LogP) is 4.12. The minimum Gasteiger partial charge on any atom is -0.493 e. The van der Waals surface area contributed by atoms with Gasteiger partial charge in [0, 0.05) is 24.2 Å². The third-order valence-electron chi connectivity index (χ3n) is 4.25. The van der Waals surface area contributed by atoms with Gasteiger partial charge in [0.1, 0.15) is 23.9 Å². The maximum absolute atomic E-state index is 12.9. The second-order valence-electron chi connectivity index (χ2n) is 7.64. The third kappa shape index (κ3) is 5.72. The molecule has 2 N–H and O–H groups in total. The highest BCUT2D eigenvalue weighted by Gasteiger charge is 2.32. The van der Waals surface area contributed by atoms with Crippen LogP contribution >= 0.6 is 0 Å². The molecule has 0 aliphatic rings. The summed E-state index contributed by atoms with van der Waals surface area (Å²) in [5.74, 6) is 1.73. The van der Waals surface area contributed by atoms with Crippen molar-refractivity contribution in [3.05, 3.63) is 47.5 Å². The number of ether oxygens (including phenoxy) is 2. The molecule has 0 aliphatic heterocycles. The molecule has 0 amide bonds. The summed E-state index contributed by atoms with van der Waals surface area (Å²) in [6.07, 6.45) is -3.39. The van der Waals surface area contributed by atoms with E-state index >= 15 is 0 Å². The number of nitrogens with zero attached hydrogens (tertiary/aromatic N) is 3. The van der Waals surface area contributed by atoms with E-state index in [4.69, 9.17) is 9.47 Å². The van der Waals surface area contributed by atoms with Gasteiger partial charge in [-0.05, 0) is 44.5 Å². The first-order chi connectivity index (χ1) is 14.5. The molecule has 0 bridgehead atoms. The second kappa shape index (κ2) is 8.54. The Kier molecular flexibility index (Phi) is 6.21. The van der Waals surface area contributed by atoms with E-state index in [1.54, 1.807) is 32.9 Å². The van der Waals surface area contributed by atoms with Crippen LogP contribution in [0.4, 0.5) is 19.0 Å². The van der Waals surface area contributed by atoms with Crippen LogP contribution in [0.2, 0.25) is 0 Å². The number of benzene rings is 1. The molecule has 0 saturated carbocycles. The number of alkyl halides is 3. The highest BCUT2D eigenvalue weighted by Crippen LogP contribution is 2.35. The lowest BCUT2D eigenvalue weighted by molar-refractivity contribution is -0.141. The van der Waals surface area contributed by atoms with Gasteiger partial charge in [-0.25, -0.2) is 9.97 Å². The van der Waals surface area contributed by atoms with E-state index in [1.165, 1.54) is 13.2 Å². The van der Waals surface area contributed by atoms with Crippen molar-refractivity contribution in [2.45, 2.75) is 39.1 Å². The maximum atomic E-state index is 12.9. The highest BCUT2D eigenvalue weighted by atomic mass is 19.4.